The lowest BCUT2D eigenvalue weighted by Crippen LogP contribution is -2.51. The van der Waals surface area contributed by atoms with Gasteiger partial charge in [-0.15, -0.1) is 0 Å². The molecule has 3 heterocycles. The molecule has 1 fully saturated rings. The molecule has 1 aliphatic heterocycles. The van der Waals surface area contributed by atoms with Crippen molar-refractivity contribution in [3.05, 3.63) is 70.3 Å². The van der Waals surface area contributed by atoms with Gasteiger partial charge >= 0.3 is 6.18 Å². The summed E-state index contributed by atoms with van der Waals surface area (Å²) in [6.45, 7) is -0.316. The van der Waals surface area contributed by atoms with Crippen LogP contribution in [0, 0.1) is 5.82 Å². The van der Waals surface area contributed by atoms with E-state index in [9.17, 15) is 32.3 Å². The second kappa shape index (κ2) is 10.6. The van der Waals surface area contributed by atoms with Gasteiger partial charge in [0.05, 0.1) is 30.4 Å². The largest absolute Gasteiger partial charge is 0.494 e. The third-order valence-corrected chi connectivity index (χ3v) is 8.49. The van der Waals surface area contributed by atoms with Gasteiger partial charge in [0.15, 0.2) is 0 Å². The average Bonchev–Trinajstić information content (AvgIpc) is 3.66. The molecule has 4 N–H and O–H groups in total. The van der Waals surface area contributed by atoms with Crippen molar-refractivity contribution in [1.29, 1.82) is 0 Å². The Labute approximate surface area is 258 Å². The Bertz CT molecular complexity index is 1880. The average molecular weight is 648 g/mol. The summed E-state index contributed by atoms with van der Waals surface area (Å²) >= 11 is 5.94. The first kappa shape index (κ1) is 30.6. The van der Waals surface area contributed by atoms with E-state index in [1.54, 1.807) is 10.9 Å². The molecule has 0 radical (unpaired) electrons. The zero-order valence-corrected chi connectivity index (χ0v) is 24.6. The van der Waals surface area contributed by atoms with E-state index in [1.807, 2.05) is 0 Å². The molecule has 2 atom stereocenters. The summed E-state index contributed by atoms with van der Waals surface area (Å²) < 4.78 is 71.0. The topological polar surface area (TPSA) is 142 Å². The molecule has 45 heavy (non-hydrogen) atoms. The van der Waals surface area contributed by atoms with E-state index < -0.39 is 47.1 Å². The van der Waals surface area contributed by atoms with Gasteiger partial charge in [0.2, 0.25) is 11.5 Å². The van der Waals surface area contributed by atoms with Crippen LogP contribution in [-0.2, 0) is 15.8 Å². The summed E-state index contributed by atoms with van der Waals surface area (Å²) in [5, 5.41) is 18.1. The maximum atomic E-state index is 14.7. The monoisotopic (exact) mass is 647 g/mol. The van der Waals surface area contributed by atoms with Gasteiger partial charge in [0.25, 0.3) is 5.91 Å². The van der Waals surface area contributed by atoms with Crippen LogP contribution in [0.3, 0.4) is 0 Å². The highest BCUT2D eigenvalue weighted by molar-refractivity contribution is 6.31. The molecule has 6 rings (SSSR count). The maximum absolute atomic E-state index is 14.7. The first-order valence-corrected chi connectivity index (χ1v) is 14.1. The molecule has 10 nitrogen and oxygen atoms in total. The van der Waals surface area contributed by atoms with Crippen LogP contribution in [0.25, 0.3) is 22.2 Å². The quantitative estimate of drug-likeness (QED) is 0.238. The van der Waals surface area contributed by atoms with Crippen LogP contribution in [0.2, 0.25) is 5.02 Å². The van der Waals surface area contributed by atoms with Gasteiger partial charge in [0, 0.05) is 28.3 Å². The van der Waals surface area contributed by atoms with Crippen molar-refractivity contribution in [1.82, 2.24) is 20.1 Å². The number of pyridine rings is 1. The second-order valence-electron chi connectivity index (χ2n) is 11.3. The molecule has 0 spiro atoms. The van der Waals surface area contributed by atoms with Crippen LogP contribution in [0.15, 0.2) is 42.6 Å². The lowest BCUT2D eigenvalue weighted by molar-refractivity contribution is -0.265. The third-order valence-electron chi connectivity index (χ3n) is 8.20. The molecule has 15 heteroatoms. The Morgan fingerprint density at radius 1 is 1.24 bits per heavy atom. The van der Waals surface area contributed by atoms with Crippen molar-refractivity contribution in [2.24, 2.45) is 5.73 Å². The van der Waals surface area contributed by atoms with Crippen LogP contribution in [0.1, 0.15) is 47.4 Å². The molecular formula is C30H26ClF4N5O5. The van der Waals surface area contributed by atoms with E-state index >= 15 is 0 Å². The van der Waals surface area contributed by atoms with Crippen LogP contribution < -0.4 is 20.5 Å². The number of alkyl halides is 3. The number of primary amides is 1. The van der Waals surface area contributed by atoms with Gasteiger partial charge in [-0.25, -0.2) is 9.37 Å². The fourth-order valence-electron chi connectivity index (χ4n) is 5.22. The highest BCUT2D eigenvalue weighted by atomic mass is 35.5. The van der Waals surface area contributed by atoms with E-state index in [-0.39, 0.29) is 51.6 Å². The Hall–Kier alpha value is -4.43. The summed E-state index contributed by atoms with van der Waals surface area (Å²) in [4.78, 5) is 29.8. The molecule has 2 aromatic heterocycles. The Morgan fingerprint density at radius 3 is 2.60 bits per heavy atom. The number of benzene rings is 2. The van der Waals surface area contributed by atoms with E-state index in [0.29, 0.717) is 10.9 Å². The number of nitrogens with one attached hydrogen (secondary N) is 1. The first-order valence-electron chi connectivity index (χ1n) is 13.7. The smallest absolute Gasteiger partial charge is 0.424 e. The summed E-state index contributed by atoms with van der Waals surface area (Å²) in [6.07, 6.45) is -1.74. The zero-order chi connectivity index (χ0) is 32.5. The fraction of sp³-hybridized carbons (Fsp3) is 0.333. The van der Waals surface area contributed by atoms with Gasteiger partial charge in [-0.3, -0.25) is 14.3 Å². The number of carbonyl (C=O) groups excluding carboxylic acids is 2. The number of carbonyl (C=O) groups is 2. The van der Waals surface area contributed by atoms with Crippen LogP contribution in [0.4, 0.5) is 17.6 Å². The van der Waals surface area contributed by atoms with Gasteiger partial charge in [-0.2, -0.15) is 18.3 Å². The number of amides is 2. The summed E-state index contributed by atoms with van der Waals surface area (Å²) in [5.74, 6) is -2.46. The lowest BCUT2D eigenvalue weighted by atomic mass is 9.81. The molecular weight excluding hydrogens is 622 g/mol. The SMILES string of the molecule is COc1cc(C(=O)NCC(O)(c2cc3c(c(-c4ccc(F)c(Cl)c4)n2)OC[C@]3(C)C(N)=O)C(F)(F)F)cc2cn(C3CC3)nc12. The van der Waals surface area contributed by atoms with E-state index in [4.69, 9.17) is 26.8 Å². The lowest BCUT2D eigenvalue weighted by Gasteiger charge is -2.31. The summed E-state index contributed by atoms with van der Waals surface area (Å²) in [7, 11) is 1.38. The Kier molecular flexibility index (Phi) is 7.20. The van der Waals surface area contributed by atoms with Gasteiger partial charge < -0.3 is 25.6 Å². The van der Waals surface area contributed by atoms with Crippen LogP contribution >= 0.6 is 11.6 Å². The number of fused-ring (bicyclic) bond motifs is 2. The number of hydrogen-bond donors (Lipinski definition) is 3. The minimum Gasteiger partial charge on any atom is -0.494 e. The number of aromatic nitrogens is 3. The number of nitrogens with two attached hydrogens (primary N) is 1. The van der Waals surface area contributed by atoms with E-state index in [0.717, 1.165) is 31.0 Å². The second-order valence-corrected chi connectivity index (χ2v) is 11.8. The number of rotatable bonds is 8. The fourth-order valence-corrected chi connectivity index (χ4v) is 5.40. The molecule has 236 valence electrons. The standard InChI is InChI=1S/C30H26ClF4N5O5/c1-28(27(36)42)13-45-25-18(28)10-22(38-24(25)14-3-6-20(32)19(31)8-14)29(43,30(33,34)35)12-37-26(41)15-7-16-11-40(17-4-5-17)39-23(16)21(9-15)44-2/h3,6-11,17,43H,4-5,12-13H2,1-2H3,(H2,36,42)(H,37,41)/t28-,29?/m0/s1. The van der Waals surface area contributed by atoms with Crippen LogP contribution in [0.5, 0.6) is 11.5 Å². The minimum atomic E-state index is -5.38. The molecule has 1 saturated carbocycles. The zero-order valence-electron chi connectivity index (χ0n) is 23.8. The molecule has 1 unspecified atom stereocenters. The Morgan fingerprint density at radius 2 is 1.98 bits per heavy atom. The number of halogens is 5. The molecule has 0 bridgehead atoms. The van der Waals surface area contributed by atoms with E-state index in [1.165, 1.54) is 32.2 Å². The molecule has 4 aromatic rings. The van der Waals surface area contributed by atoms with Gasteiger partial charge in [-0.05, 0) is 56.2 Å². The Balaban J connectivity index is 1.41. The van der Waals surface area contributed by atoms with Gasteiger partial charge in [0.1, 0.15) is 40.5 Å². The predicted octanol–water partition coefficient (Wildman–Crippen LogP) is 4.55. The van der Waals surface area contributed by atoms with Crippen molar-refractivity contribution in [2.45, 2.75) is 43.0 Å². The highest BCUT2D eigenvalue weighted by Crippen LogP contribution is 2.48. The van der Waals surface area contributed by atoms with Gasteiger partial charge in [-0.1, -0.05) is 11.6 Å². The van der Waals surface area contributed by atoms with Crippen molar-refractivity contribution < 1.29 is 41.7 Å². The maximum Gasteiger partial charge on any atom is 0.424 e. The van der Waals surface area contributed by atoms with Crippen molar-refractivity contribution in [3.8, 4) is 22.8 Å². The molecule has 0 saturated heterocycles. The highest BCUT2D eigenvalue weighted by Gasteiger charge is 2.57. The first-order chi connectivity index (χ1) is 21.2. The summed E-state index contributed by atoms with van der Waals surface area (Å²) in [6, 6.07) is 7.23. The summed E-state index contributed by atoms with van der Waals surface area (Å²) in [5.41, 5.74) is -0.526. The molecule has 2 aliphatic rings. The van der Waals surface area contributed by atoms with Crippen molar-refractivity contribution in [3.63, 3.8) is 0 Å². The predicted molar refractivity (Wildman–Crippen MR) is 154 cm³/mol. The number of aliphatic hydroxyl groups is 1. The third kappa shape index (κ3) is 5.11. The number of hydrogen-bond acceptors (Lipinski definition) is 7. The molecule has 2 amide bonds. The number of methoxy groups -OCH3 is 1. The number of nitrogens with zero attached hydrogens (tertiary/aromatic N) is 3. The molecule has 2 aromatic carbocycles. The normalized spacial score (nSPS) is 19.1. The minimum absolute atomic E-state index is 0.0301. The van der Waals surface area contributed by atoms with E-state index in [2.05, 4.69) is 15.4 Å². The van der Waals surface area contributed by atoms with Crippen LogP contribution in [-0.4, -0.2) is 58.1 Å². The van der Waals surface area contributed by atoms with Crippen molar-refractivity contribution in [2.75, 3.05) is 20.3 Å². The molecule has 1 aliphatic carbocycles. The van der Waals surface area contributed by atoms with Crippen molar-refractivity contribution >= 4 is 34.3 Å². The number of ether oxygens (including phenoxy) is 2.